The summed E-state index contributed by atoms with van der Waals surface area (Å²) in [6.45, 7) is 10.2. The molecule has 2 N–H and O–H groups in total. The number of hydrogen-bond acceptors (Lipinski definition) is 4. The van der Waals surface area contributed by atoms with Gasteiger partial charge in [0.25, 0.3) is 0 Å². The standard InChI is InChI=1S/C20H34N4O2S.HI/c1-4-21-20(22-12-5-13-24-14-10-17(2)11-15-24)23-16-18-6-8-19(9-7-18)27(3,25)26;/h6-9,17H,4-5,10-16H2,1-3H3,(H2,21,22,23);1H. The number of guanidine groups is 1. The highest BCUT2D eigenvalue weighted by Gasteiger charge is 2.14. The third-order valence-corrected chi connectivity index (χ3v) is 6.06. The summed E-state index contributed by atoms with van der Waals surface area (Å²) in [6, 6.07) is 6.92. The molecule has 0 amide bonds. The van der Waals surface area contributed by atoms with Crippen LogP contribution in [0.15, 0.2) is 34.2 Å². The summed E-state index contributed by atoms with van der Waals surface area (Å²) >= 11 is 0. The first-order valence-electron chi connectivity index (χ1n) is 9.92. The van der Waals surface area contributed by atoms with Crippen molar-refractivity contribution < 1.29 is 8.42 Å². The van der Waals surface area contributed by atoms with E-state index in [1.807, 2.05) is 19.1 Å². The molecule has 1 saturated heterocycles. The Morgan fingerprint density at radius 3 is 2.39 bits per heavy atom. The van der Waals surface area contributed by atoms with Gasteiger partial charge in [0.2, 0.25) is 0 Å². The molecule has 1 aromatic carbocycles. The van der Waals surface area contributed by atoms with Crippen LogP contribution in [0.3, 0.4) is 0 Å². The maximum absolute atomic E-state index is 11.5. The van der Waals surface area contributed by atoms with Gasteiger partial charge in [-0.15, -0.1) is 24.0 Å². The van der Waals surface area contributed by atoms with Gasteiger partial charge in [-0.2, -0.15) is 0 Å². The molecule has 0 bridgehead atoms. The summed E-state index contributed by atoms with van der Waals surface area (Å²) in [5, 5.41) is 6.65. The average molecular weight is 522 g/mol. The first kappa shape index (κ1) is 25.2. The Bertz CT molecular complexity index is 699. The topological polar surface area (TPSA) is 73.8 Å². The SMILES string of the molecule is CCNC(=NCc1ccc(S(C)(=O)=O)cc1)NCCCN1CCC(C)CC1.I. The second-order valence-corrected chi connectivity index (χ2v) is 9.43. The molecule has 0 spiro atoms. The smallest absolute Gasteiger partial charge is 0.191 e. The third kappa shape index (κ3) is 9.09. The van der Waals surface area contributed by atoms with Crippen LogP contribution in [-0.4, -0.2) is 58.3 Å². The van der Waals surface area contributed by atoms with Crippen LogP contribution >= 0.6 is 24.0 Å². The lowest BCUT2D eigenvalue weighted by molar-refractivity contribution is 0.191. The van der Waals surface area contributed by atoms with E-state index >= 15 is 0 Å². The molecular formula is C20H35IN4O2S. The minimum absolute atomic E-state index is 0. The van der Waals surface area contributed by atoms with Crippen molar-refractivity contribution >= 4 is 39.8 Å². The number of hydrogen-bond donors (Lipinski definition) is 2. The molecule has 6 nitrogen and oxygen atoms in total. The molecule has 8 heteroatoms. The van der Waals surface area contributed by atoms with Crippen molar-refractivity contribution in [2.45, 2.75) is 44.6 Å². The summed E-state index contributed by atoms with van der Waals surface area (Å²) in [7, 11) is -3.15. The second kappa shape index (κ2) is 12.6. The van der Waals surface area contributed by atoms with E-state index in [1.54, 1.807) is 12.1 Å². The van der Waals surface area contributed by atoms with Crippen LogP contribution in [-0.2, 0) is 16.4 Å². The molecule has 28 heavy (non-hydrogen) atoms. The monoisotopic (exact) mass is 522 g/mol. The predicted octanol–water partition coefficient (Wildman–Crippen LogP) is 2.89. The lowest BCUT2D eigenvalue weighted by Gasteiger charge is -2.30. The summed E-state index contributed by atoms with van der Waals surface area (Å²) in [5.74, 6) is 1.68. The van der Waals surface area contributed by atoms with Crippen LogP contribution < -0.4 is 10.6 Å². The van der Waals surface area contributed by atoms with Gasteiger partial charge in [0.1, 0.15) is 0 Å². The molecule has 160 valence electrons. The number of nitrogens with one attached hydrogen (secondary N) is 2. The molecule has 2 rings (SSSR count). The quantitative estimate of drug-likeness (QED) is 0.238. The number of aliphatic imine (C=N–C) groups is 1. The van der Waals surface area contributed by atoms with Crippen molar-refractivity contribution in [3.05, 3.63) is 29.8 Å². The van der Waals surface area contributed by atoms with E-state index in [0.717, 1.165) is 43.5 Å². The molecule has 1 heterocycles. The predicted molar refractivity (Wildman–Crippen MR) is 127 cm³/mol. The van der Waals surface area contributed by atoms with Crippen molar-refractivity contribution in [3.8, 4) is 0 Å². The van der Waals surface area contributed by atoms with Gasteiger partial charge in [0.05, 0.1) is 11.4 Å². The molecular weight excluding hydrogens is 487 g/mol. The van der Waals surface area contributed by atoms with E-state index in [2.05, 4.69) is 27.4 Å². The largest absolute Gasteiger partial charge is 0.357 e. The first-order valence-corrected chi connectivity index (χ1v) is 11.8. The number of rotatable bonds is 8. The van der Waals surface area contributed by atoms with Gasteiger partial charge in [-0.05, 0) is 69.4 Å². The molecule has 0 radical (unpaired) electrons. The van der Waals surface area contributed by atoms with Gasteiger partial charge in [0, 0.05) is 19.3 Å². The van der Waals surface area contributed by atoms with E-state index in [0.29, 0.717) is 11.4 Å². The number of sulfone groups is 1. The lowest BCUT2D eigenvalue weighted by atomic mass is 9.99. The zero-order valence-corrected chi connectivity index (χ0v) is 20.4. The van der Waals surface area contributed by atoms with E-state index in [9.17, 15) is 8.42 Å². The zero-order chi connectivity index (χ0) is 19.7. The molecule has 1 aliphatic rings. The van der Waals surface area contributed by atoms with E-state index < -0.39 is 9.84 Å². The van der Waals surface area contributed by atoms with Gasteiger partial charge >= 0.3 is 0 Å². The Kier molecular flexibility index (Phi) is 11.4. The second-order valence-electron chi connectivity index (χ2n) is 7.42. The maximum Gasteiger partial charge on any atom is 0.191 e. The average Bonchev–Trinajstić information content (AvgIpc) is 2.64. The van der Waals surface area contributed by atoms with Crippen LogP contribution in [0.25, 0.3) is 0 Å². The van der Waals surface area contributed by atoms with Gasteiger partial charge in [0.15, 0.2) is 15.8 Å². The van der Waals surface area contributed by atoms with Crippen LogP contribution in [0.1, 0.15) is 38.7 Å². The summed E-state index contributed by atoms with van der Waals surface area (Å²) in [4.78, 5) is 7.49. The van der Waals surface area contributed by atoms with Crippen molar-refractivity contribution in [1.29, 1.82) is 0 Å². The van der Waals surface area contributed by atoms with E-state index in [4.69, 9.17) is 0 Å². The Hall–Kier alpha value is -0.870. The summed E-state index contributed by atoms with van der Waals surface area (Å²) in [5.41, 5.74) is 0.988. The molecule has 1 aromatic rings. The number of halogens is 1. The first-order chi connectivity index (χ1) is 12.9. The Balaban J connectivity index is 0.00000392. The summed E-state index contributed by atoms with van der Waals surface area (Å²) in [6.07, 6.45) is 4.95. The molecule has 1 aliphatic heterocycles. The van der Waals surface area contributed by atoms with Crippen LogP contribution in [0, 0.1) is 5.92 Å². The van der Waals surface area contributed by atoms with Crippen molar-refractivity contribution in [2.24, 2.45) is 10.9 Å². The van der Waals surface area contributed by atoms with Crippen LogP contribution in [0.5, 0.6) is 0 Å². The van der Waals surface area contributed by atoms with Crippen molar-refractivity contribution in [2.75, 3.05) is 39.0 Å². The fourth-order valence-electron chi connectivity index (χ4n) is 3.15. The van der Waals surface area contributed by atoms with Crippen molar-refractivity contribution in [1.82, 2.24) is 15.5 Å². The fraction of sp³-hybridized carbons (Fsp3) is 0.650. The number of benzene rings is 1. The number of piperidine rings is 1. The highest BCUT2D eigenvalue weighted by molar-refractivity contribution is 14.0. The number of nitrogens with zero attached hydrogens (tertiary/aromatic N) is 2. The van der Waals surface area contributed by atoms with Gasteiger partial charge in [-0.25, -0.2) is 13.4 Å². The highest BCUT2D eigenvalue weighted by Crippen LogP contribution is 2.15. The van der Waals surface area contributed by atoms with E-state index in [1.165, 1.54) is 32.2 Å². The fourth-order valence-corrected chi connectivity index (χ4v) is 3.78. The minimum atomic E-state index is -3.15. The third-order valence-electron chi connectivity index (χ3n) is 4.94. The molecule has 0 unspecified atom stereocenters. The van der Waals surface area contributed by atoms with Gasteiger partial charge in [-0.1, -0.05) is 19.1 Å². The molecule has 0 atom stereocenters. The minimum Gasteiger partial charge on any atom is -0.357 e. The molecule has 0 aromatic heterocycles. The van der Waals surface area contributed by atoms with Crippen LogP contribution in [0.2, 0.25) is 0 Å². The molecule has 0 aliphatic carbocycles. The zero-order valence-electron chi connectivity index (χ0n) is 17.3. The Morgan fingerprint density at radius 2 is 1.82 bits per heavy atom. The molecule has 0 saturated carbocycles. The highest BCUT2D eigenvalue weighted by atomic mass is 127. The van der Waals surface area contributed by atoms with Gasteiger partial charge < -0.3 is 15.5 Å². The molecule has 1 fully saturated rings. The van der Waals surface area contributed by atoms with Gasteiger partial charge in [-0.3, -0.25) is 0 Å². The normalized spacial score (nSPS) is 16.5. The Morgan fingerprint density at radius 1 is 1.18 bits per heavy atom. The van der Waals surface area contributed by atoms with E-state index in [-0.39, 0.29) is 24.0 Å². The number of likely N-dealkylation sites (tertiary alicyclic amines) is 1. The Labute approximate surface area is 187 Å². The van der Waals surface area contributed by atoms with Crippen LogP contribution in [0.4, 0.5) is 0 Å². The summed E-state index contributed by atoms with van der Waals surface area (Å²) < 4.78 is 23.0. The lowest BCUT2D eigenvalue weighted by Crippen LogP contribution is -2.39. The van der Waals surface area contributed by atoms with Crippen molar-refractivity contribution in [3.63, 3.8) is 0 Å². The maximum atomic E-state index is 11.5.